The lowest BCUT2D eigenvalue weighted by Gasteiger charge is -2.53. The Hall–Kier alpha value is -1.81. The van der Waals surface area contributed by atoms with Gasteiger partial charge in [0.15, 0.2) is 23.4 Å². The van der Waals surface area contributed by atoms with Crippen molar-refractivity contribution in [3.05, 3.63) is 35.4 Å². The van der Waals surface area contributed by atoms with E-state index < -0.39 is 17.1 Å². The molecule has 116 valence electrons. The fourth-order valence-electron chi connectivity index (χ4n) is 4.84. The Labute approximate surface area is 129 Å². The minimum absolute atomic E-state index is 0.0162. The van der Waals surface area contributed by atoms with Gasteiger partial charge in [0.1, 0.15) is 0 Å². The van der Waals surface area contributed by atoms with Crippen LogP contribution in [0.5, 0.6) is 11.5 Å². The van der Waals surface area contributed by atoms with Crippen molar-refractivity contribution in [1.82, 2.24) is 0 Å². The van der Waals surface area contributed by atoms with Crippen LogP contribution in [0, 0.1) is 5.92 Å². The number of ether oxygens (including phenoxy) is 1. The summed E-state index contributed by atoms with van der Waals surface area (Å²) in [5, 5.41) is 21.7. The highest BCUT2D eigenvalue weighted by Crippen LogP contribution is 2.62. The summed E-state index contributed by atoms with van der Waals surface area (Å²) < 4.78 is 5.90. The number of aromatic hydroxyl groups is 1. The van der Waals surface area contributed by atoms with Crippen LogP contribution in [-0.4, -0.2) is 27.7 Å². The molecule has 4 nitrogen and oxygen atoms in total. The van der Waals surface area contributed by atoms with Crippen molar-refractivity contribution in [2.45, 2.75) is 50.2 Å². The fourth-order valence-corrected chi connectivity index (χ4v) is 4.84. The van der Waals surface area contributed by atoms with E-state index in [-0.39, 0.29) is 17.5 Å². The summed E-state index contributed by atoms with van der Waals surface area (Å²) in [5.74, 6) is 0.290. The molecule has 4 atom stereocenters. The quantitative estimate of drug-likeness (QED) is 0.879. The summed E-state index contributed by atoms with van der Waals surface area (Å²) >= 11 is 0. The smallest absolute Gasteiger partial charge is 0.196 e. The number of aliphatic hydroxyl groups is 1. The molecule has 0 bridgehead atoms. The lowest BCUT2D eigenvalue weighted by Crippen LogP contribution is -2.65. The molecule has 0 spiro atoms. The molecule has 0 saturated carbocycles. The highest BCUT2D eigenvalue weighted by molar-refractivity contribution is 5.98. The Morgan fingerprint density at radius 1 is 1.41 bits per heavy atom. The minimum Gasteiger partial charge on any atom is -0.504 e. The average molecular weight is 300 g/mol. The van der Waals surface area contributed by atoms with Gasteiger partial charge in [-0.15, -0.1) is 0 Å². The second-order valence-electron chi connectivity index (χ2n) is 6.83. The Balaban J connectivity index is 2.11. The first-order valence-corrected chi connectivity index (χ1v) is 7.93. The van der Waals surface area contributed by atoms with Crippen LogP contribution in [0.1, 0.15) is 37.8 Å². The molecule has 2 aliphatic carbocycles. The summed E-state index contributed by atoms with van der Waals surface area (Å²) in [6.07, 6.45) is 4.55. The van der Waals surface area contributed by atoms with Gasteiger partial charge in [-0.25, -0.2) is 0 Å². The maximum atomic E-state index is 12.5. The zero-order valence-corrected chi connectivity index (χ0v) is 12.8. The largest absolute Gasteiger partial charge is 0.504 e. The first-order valence-electron chi connectivity index (χ1n) is 7.93. The molecular weight excluding hydrogens is 280 g/mol. The lowest BCUT2D eigenvalue weighted by molar-refractivity contribution is -0.137. The molecule has 4 rings (SSSR count). The van der Waals surface area contributed by atoms with E-state index in [1.807, 2.05) is 19.9 Å². The van der Waals surface area contributed by atoms with E-state index in [1.165, 1.54) is 6.08 Å². The second kappa shape index (κ2) is 4.13. The maximum absolute atomic E-state index is 12.5. The molecule has 0 aromatic heterocycles. The molecule has 0 radical (unpaired) electrons. The Bertz CT molecular complexity index is 707. The van der Waals surface area contributed by atoms with E-state index >= 15 is 0 Å². The highest BCUT2D eigenvalue weighted by Gasteiger charge is 2.68. The van der Waals surface area contributed by atoms with Crippen molar-refractivity contribution in [3.8, 4) is 11.5 Å². The number of carbonyl (C=O) groups is 1. The zero-order chi connectivity index (χ0) is 15.7. The number of carbonyl (C=O) groups excluding carboxylic acids is 1. The zero-order valence-electron chi connectivity index (χ0n) is 12.8. The monoisotopic (exact) mass is 300 g/mol. The fraction of sp³-hybridized carbons (Fsp3) is 0.500. The topological polar surface area (TPSA) is 66.8 Å². The van der Waals surface area contributed by atoms with Gasteiger partial charge >= 0.3 is 0 Å². The van der Waals surface area contributed by atoms with Crippen molar-refractivity contribution >= 4 is 5.78 Å². The van der Waals surface area contributed by atoms with Gasteiger partial charge in [0.05, 0.1) is 11.0 Å². The van der Waals surface area contributed by atoms with Crippen LogP contribution in [0.2, 0.25) is 0 Å². The van der Waals surface area contributed by atoms with Gasteiger partial charge in [0.25, 0.3) is 0 Å². The van der Waals surface area contributed by atoms with E-state index in [2.05, 4.69) is 0 Å². The SMILES string of the molecule is CCCC12c3c4ccc(O)c3OC1C(=O)C=CC2(O)C(C)C4. The van der Waals surface area contributed by atoms with Crippen molar-refractivity contribution in [3.63, 3.8) is 0 Å². The van der Waals surface area contributed by atoms with Gasteiger partial charge in [0.2, 0.25) is 0 Å². The van der Waals surface area contributed by atoms with E-state index in [9.17, 15) is 15.0 Å². The van der Waals surface area contributed by atoms with E-state index in [0.717, 1.165) is 17.5 Å². The van der Waals surface area contributed by atoms with E-state index in [0.29, 0.717) is 18.6 Å². The van der Waals surface area contributed by atoms with Crippen LogP contribution < -0.4 is 4.74 Å². The van der Waals surface area contributed by atoms with E-state index in [4.69, 9.17) is 4.74 Å². The minimum atomic E-state index is -1.12. The van der Waals surface area contributed by atoms with Gasteiger partial charge in [-0.05, 0) is 42.5 Å². The van der Waals surface area contributed by atoms with Crippen molar-refractivity contribution in [2.24, 2.45) is 5.92 Å². The first-order chi connectivity index (χ1) is 10.5. The summed E-state index contributed by atoms with van der Waals surface area (Å²) in [5.41, 5.74) is 0.0177. The van der Waals surface area contributed by atoms with Crippen LogP contribution in [0.25, 0.3) is 0 Å². The molecule has 1 aromatic rings. The number of rotatable bonds is 2. The van der Waals surface area contributed by atoms with Crippen LogP contribution >= 0.6 is 0 Å². The molecule has 3 aliphatic rings. The summed E-state index contributed by atoms with van der Waals surface area (Å²) in [4.78, 5) is 12.5. The highest BCUT2D eigenvalue weighted by atomic mass is 16.5. The van der Waals surface area contributed by atoms with Crippen LogP contribution in [0.4, 0.5) is 0 Å². The normalized spacial score (nSPS) is 37.9. The maximum Gasteiger partial charge on any atom is 0.196 e. The number of hydrogen-bond donors (Lipinski definition) is 2. The molecule has 0 saturated heterocycles. The number of phenols is 1. The van der Waals surface area contributed by atoms with Crippen LogP contribution in [-0.2, 0) is 16.6 Å². The third-order valence-corrected chi connectivity index (χ3v) is 5.75. The molecule has 1 aromatic carbocycles. The van der Waals surface area contributed by atoms with Gasteiger partial charge in [-0.3, -0.25) is 4.79 Å². The number of ketones is 1. The van der Waals surface area contributed by atoms with Gasteiger partial charge in [-0.2, -0.15) is 0 Å². The third kappa shape index (κ3) is 1.30. The van der Waals surface area contributed by atoms with Gasteiger partial charge in [0, 0.05) is 5.56 Å². The molecule has 1 heterocycles. The first kappa shape index (κ1) is 13.8. The molecule has 2 N–H and O–H groups in total. The Morgan fingerprint density at radius 2 is 2.18 bits per heavy atom. The number of phenolic OH excluding ortho intramolecular Hbond substituents is 1. The van der Waals surface area contributed by atoms with Gasteiger partial charge < -0.3 is 14.9 Å². The summed E-state index contributed by atoms with van der Waals surface area (Å²) in [6, 6.07) is 3.52. The predicted molar refractivity (Wildman–Crippen MR) is 81.1 cm³/mol. The number of benzene rings is 1. The van der Waals surface area contributed by atoms with Gasteiger partial charge in [-0.1, -0.05) is 26.3 Å². The van der Waals surface area contributed by atoms with Crippen molar-refractivity contribution in [2.75, 3.05) is 0 Å². The molecule has 22 heavy (non-hydrogen) atoms. The molecule has 0 fully saturated rings. The summed E-state index contributed by atoms with van der Waals surface area (Å²) in [6.45, 7) is 4.06. The summed E-state index contributed by atoms with van der Waals surface area (Å²) in [7, 11) is 0. The van der Waals surface area contributed by atoms with Crippen molar-refractivity contribution in [1.29, 1.82) is 0 Å². The molecule has 1 aliphatic heterocycles. The molecule has 4 unspecified atom stereocenters. The lowest BCUT2D eigenvalue weighted by atomic mass is 9.51. The second-order valence-corrected chi connectivity index (χ2v) is 6.83. The molecule has 4 heteroatoms. The predicted octanol–water partition coefficient (Wildman–Crippen LogP) is 2.25. The average Bonchev–Trinajstić information content (AvgIpc) is 2.84. The molecule has 0 amide bonds. The number of hydrogen-bond acceptors (Lipinski definition) is 4. The van der Waals surface area contributed by atoms with Crippen molar-refractivity contribution < 1.29 is 19.7 Å². The third-order valence-electron chi connectivity index (χ3n) is 5.75. The van der Waals surface area contributed by atoms with E-state index in [1.54, 1.807) is 12.1 Å². The van der Waals surface area contributed by atoms with Crippen LogP contribution in [0.3, 0.4) is 0 Å². The molecular formula is C18H20O4. The Morgan fingerprint density at radius 3 is 2.91 bits per heavy atom. The van der Waals surface area contributed by atoms with Crippen LogP contribution in [0.15, 0.2) is 24.3 Å². The Kier molecular flexibility index (Phi) is 2.60. The standard InChI is InChI=1S/C18H20O4/c1-3-7-17-14-11-4-5-12(19)15(14)22-16(17)13(20)6-8-18(17,21)10(2)9-11/h4-6,8,10,16,19,21H,3,7,9H2,1-2H3.